The number of hydrogen-bond donors (Lipinski definition) is 1. The summed E-state index contributed by atoms with van der Waals surface area (Å²) in [5.74, 6) is 0. The Labute approximate surface area is 149 Å². The molecule has 1 heterocycles. The lowest BCUT2D eigenvalue weighted by atomic mass is 9.85. The minimum atomic E-state index is -1.05. The van der Waals surface area contributed by atoms with Crippen LogP contribution < -0.4 is 10.2 Å². The zero-order chi connectivity index (χ0) is 17.7. The summed E-state index contributed by atoms with van der Waals surface area (Å²) in [7, 11) is 1.59. The molecule has 4 heteroatoms. The molecule has 0 radical (unpaired) electrons. The van der Waals surface area contributed by atoms with Crippen LogP contribution in [0.2, 0.25) is 0 Å². The zero-order valence-electron chi connectivity index (χ0n) is 15.1. The van der Waals surface area contributed by atoms with Crippen molar-refractivity contribution in [3.05, 3.63) is 65.2 Å². The largest absolute Gasteiger partial charge is 0.369 e. The minimum Gasteiger partial charge on any atom is -0.369 e. The smallest absolute Gasteiger partial charge is 0.146 e. The molecule has 25 heavy (non-hydrogen) atoms. The number of piperazine rings is 1. The van der Waals surface area contributed by atoms with Crippen molar-refractivity contribution in [1.29, 1.82) is 0 Å². The molecule has 0 aliphatic carbocycles. The summed E-state index contributed by atoms with van der Waals surface area (Å²) in [5.41, 5.74) is 3.17. The highest BCUT2D eigenvalue weighted by atomic mass is 19.1. The number of benzene rings is 2. The van der Waals surface area contributed by atoms with Crippen LogP contribution in [-0.2, 0) is 16.8 Å². The van der Waals surface area contributed by atoms with Gasteiger partial charge in [0.2, 0.25) is 0 Å². The number of anilines is 1. The third-order valence-electron chi connectivity index (χ3n) is 5.16. The van der Waals surface area contributed by atoms with Crippen LogP contribution in [0.3, 0.4) is 0 Å². The molecule has 134 valence electrons. The van der Waals surface area contributed by atoms with Gasteiger partial charge in [0.15, 0.2) is 0 Å². The number of methoxy groups -OCH3 is 1. The van der Waals surface area contributed by atoms with Crippen LogP contribution in [0.4, 0.5) is 10.1 Å². The van der Waals surface area contributed by atoms with E-state index in [1.54, 1.807) is 7.11 Å². The van der Waals surface area contributed by atoms with Crippen molar-refractivity contribution in [2.45, 2.75) is 18.9 Å². The Morgan fingerprint density at radius 2 is 1.80 bits per heavy atom. The van der Waals surface area contributed by atoms with E-state index >= 15 is 0 Å². The first-order valence-corrected chi connectivity index (χ1v) is 9.01. The second-order valence-corrected chi connectivity index (χ2v) is 6.46. The number of alkyl halides is 1. The first-order valence-electron chi connectivity index (χ1n) is 9.01. The summed E-state index contributed by atoms with van der Waals surface area (Å²) in [6.45, 7) is 5.57. The molecular weight excluding hydrogens is 315 g/mol. The monoisotopic (exact) mass is 342 g/mol. The minimum absolute atomic E-state index is 0.594. The number of hydrogen-bond acceptors (Lipinski definition) is 3. The molecule has 1 saturated heterocycles. The Balaban J connectivity index is 2.03. The number of halogens is 1. The van der Waals surface area contributed by atoms with Crippen molar-refractivity contribution < 1.29 is 9.13 Å². The van der Waals surface area contributed by atoms with E-state index in [-0.39, 0.29) is 0 Å². The number of nitrogens with zero attached hydrogens (tertiary/aromatic N) is 1. The highest BCUT2D eigenvalue weighted by Gasteiger charge is 2.35. The van der Waals surface area contributed by atoms with E-state index in [0.717, 1.165) is 43.7 Å². The van der Waals surface area contributed by atoms with Crippen LogP contribution in [0.1, 0.15) is 23.6 Å². The van der Waals surface area contributed by atoms with Gasteiger partial charge < -0.3 is 15.0 Å². The molecule has 0 amide bonds. The molecule has 2 aromatic rings. The molecule has 1 aliphatic rings. The van der Waals surface area contributed by atoms with Gasteiger partial charge in [0.05, 0.1) is 0 Å². The average Bonchev–Trinajstić information content (AvgIpc) is 2.71. The second-order valence-electron chi connectivity index (χ2n) is 6.46. The summed E-state index contributed by atoms with van der Waals surface area (Å²) in [6.07, 6.45) is 0.911. The summed E-state index contributed by atoms with van der Waals surface area (Å²) >= 11 is 0. The summed E-state index contributed by atoms with van der Waals surface area (Å²) in [5, 5.41) is 3.39. The van der Waals surface area contributed by atoms with E-state index in [1.807, 2.05) is 36.4 Å². The molecule has 3 nitrogen and oxygen atoms in total. The molecular formula is C21H27FN2O. The molecule has 3 rings (SSSR count). The van der Waals surface area contributed by atoms with Crippen molar-refractivity contribution in [1.82, 2.24) is 5.32 Å². The molecule has 1 fully saturated rings. The van der Waals surface area contributed by atoms with Crippen molar-refractivity contribution in [3.8, 4) is 0 Å². The highest BCUT2D eigenvalue weighted by molar-refractivity contribution is 5.57. The predicted molar refractivity (Wildman–Crippen MR) is 101 cm³/mol. The van der Waals surface area contributed by atoms with Crippen molar-refractivity contribution in [2.24, 2.45) is 0 Å². The molecule has 2 aromatic carbocycles. The molecule has 0 spiro atoms. The van der Waals surface area contributed by atoms with Crippen LogP contribution >= 0.6 is 0 Å². The Hall–Kier alpha value is -1.91. The Bertz CT molecular complexity index is 680. The Morgan fingerprint density at radius 1 is 1.08 bits per heavy atom. The van der Waals surface area contributed by atoms with Crippen LogP contribution in [0.15, 0.2) is 48.5 Å². The van der Waals surface area contributed by atoms with Crippen molar-refractivity contribution >= 4 is 5.69 Å². The van der Waals surface area contributed by atoms with Gasteiger partial charge in [-0.1, -0.05) is 49.4 Å². The fourth-order valence-corrected chi connectivity index (χ4v) is 3.65. The number of aryl methyl sites for hydroxylation is 1. The van der Waals surface area contributed by atoms with Crippen LogP contribution in [-0.4, -0.2) is 40.0 Å². The number of nitrogens with one attached hydrogen (secondary N) is 1. The SMILES string of the molecule is CCc1cc(C(CF)(OC)c2ccccc2)ccc1N1CCNCC1. The van der Waals surface area contributed by atoms with Crippen molar-refractivity contribution in [3.63, 3.8) is 0 Å². The van der Waals surface area contributed by atoms with Gasteiger partial charge in [0.1, 0.15) is 12.3 Å². The second kappa shape index (κ2) is 7.98. The molecule has 0 aromatic heterocycles. The van der Waals surface area contributed by atoms with E-state index in [4.69, 9.17) is 4.74 Å². The van der Waals surface area contributed by atoms with Crippen LogP contribution in [0.5, 0.6) is 0 Å². The maximum Gasteiger partial charge on any atom is 0.146 e. The van der Waals surface area contributed by atoms with Gasteiger partial charge in [0, 0.05) is 39.0 Å². The summed E-state index contributed by atoms with van der Waals surface area (Å²) in [4.78, 5) is 2.41. The number of rotatable bonds is 6. The standard InChI is InChI=1S/C21H27FN2O/c1-3-17-15-19(9-10-20(17)24-13-11-23-12-14-24)21(16-22,25-2)18-7-5-4-6-8-18/h4-10,15,23H,3,11-14,16H2,1-2H3. The van der Waals surface area contributed by atoms with E-state index in [2.05, 4.69) is 29.3 Å². The molecule has 0 bridgehead atoms. The van der Waals surface area contributed by atoms with E-state index in [0.29, 0.717) is 0 Å². The average molecular weight is 342 g/mol. The normalized spacial score (nSPS) is 17.3. The maximum atomic E-state index is 14.2. The van der Waals surface area contributed by atoms with Gasteiger partial charge in [-0.25, -0.2) is 4.39 Å². The third-order valence-corrected chi connectivity index (χ3v) is 5.16. The first kappa shape index (κ1) is 17.9. The first-order chi connectivity index (χ1) is 12.2. The van der Waals surface area contributed by atoms with E-state index < -0.39 is 12.3 Å². The van der Waals surface area contributed by atoms with Gasteiger partial charge in [-0.05, 0) is 29.2 Å². The number of ether oxygens (including phenoxy) is 1. The van der Waals surface area contributed by atoms with Crippen LogP contribution in [0.25, 0.3) is 0 Å². The fourth-order valence-electron chi connectivity index (χ4n) is 3.65. The molecule has 1 unspecified atom stereocenters. The third kappa shape index (κ3) is 3.42. The van der Waals surface area contributed by atoms with E-state index in [9.17, 15) is 4.39 Å². The van der Waals surface area contributed by atoms with Gasteiger partial charge in [-0.3, -0.25) is 0 Å². The lowest BCUT2D eigenvalue weighted by Gasteiger charge is -2.34. The lowest BCUT2D eigenvalue weighted by Crippen LogP contribution is -2.44. The van der Waals surface area contributed by atoms with Gasteiger partial charge in [-0.15, -0.1) is 0 Å². The quantitative estimate of drug-likeness (QED) is 0.869. The van der Waals surface area contributed by atoms with Crippen molar-refractivity contribution in [2.75, 3.05) is 44.9 Å². The zero-order valence-corrected chi connectivity index (χ0v) is 15.1. The Kier molecular flexibility index (Phi) is 5.71. The fraction of sp³-hybridized carbons (Fsp3) is 0.429. The molecule has 1 N–H and O–H groups in total. The summed E-state index contributed by atoms with van der Waals surface area (Å²) < 4.78 is 20.0. The predicted octanol–water partition coefficient (Wildman–Crippen LogP) is 3.52. The van der Waals surface area contributed by atoms with Gasteiger partial charge >= 0.3 is 0 Å². The van der Waals surface area contributed by atoms with Gasteiger partial charge in [-0.2, -0.15) is 0 Å². The molecule has 0 saturated carbocycles. The lowest BCUT2D eigenvalue weighted by molar-refractivity contribution is 0.00114. The van der Waals surface area contributed by atoms with Crippen LogP contribution in [0, 0.1) is 0 Å². The maximum absolute atomic E-state index is 14.2. The molecule has 1 atom stereocenters. The Morgan fingerprint density at radius 3 is 2.40 bits per heavy atom. The van der Waals surface area contributed by atoms with Gasteiger partial charge in [0.25, 0.3) is 0 Å². The highest BCUT2D eigenvalue weighted by Crippen LogP contribution is 2.36. The topological polar surface area (TPSA) is 24.5 Å². The summed E-state index contributed by atoms with van der Waals surface area (Å²) in [6, 6.07) is 15.9. The van der Waals surface area contributed by atoms with E-state index in [1.165, 1.54) is 11.3 Å². The molecule has 1 aliphatic heterocycles.